The number of hydrogen-bond acceptors (Lipinski definition) is 0. The van der Waals surface area contributed by atoms with Crippen molar-refractivity contribution in [2.45, 2.75) is 37.5 Å². The van der Waals surface area contributed by atoms with Crippen LogP contribution in [0.2, 0.25) is 0 Å². The van der Waals surface area contributed by atoms with Crippen LogP contribution in [0, 0.1) is 5.92 Å². The lowest BCUT2D eigenvalue weighted by Gasteiger charge is -2.12. The van der Waals surface area contributed by atoms with Crippen LogP contribution >= 0.6 is 22.6 Å². The predicted octanol–water partition coefficient (Wildman–Crippen LogP) is 3.25. The fourth-order valence-corrected chi connectivity index (χ4v) is 1.17. The van der Waals surface area contributed by atoms with E-state index in [2.05, 4.69) is 43.4 Å². The lowest BCUT2D eigenvalue weighted by molar-refractivity contribution is 0.539. The molecule has 0 rings (SSSR count). The molecule has 0 aliphatic carbocycles. The lowest BCUT2D eigenvalue weighted by atomic mass is 10.0. The maximum atomic E-state index is 2.53. The molecule has 0 aliphatic heterocycles. The number of hydrogen-bond donors (Lipinski definition) is 0. The van der Waals surface area contributed by atoms with Gasteiger partial charge in [-0.3, -0.25) is 0 Å². The summed E-state index contributed by atoms with van der Waals surface area (Å²) in [6, 6.07) is 0. The molecule has 50 valence electrons. The van der Waals surface area contributed by atoms with Crippen LogP contribution < -0.4 is 0 Å². The van der Waals surface area contributed by atoms with Gasteiger partial charge >= 0.3 is 0 Å². The third-order valence-electron chi connectivity index (χ3n) is 1.65. The maximum absolute atomic E-state index is 2.53. The molecule has 0 amide bonds. The zero-order chi connectivity index (χ0) is 6.57. The van der Waals surface area contributed by atoms with Gasteiger partial charge < -0.3 is 0 Å². The highest BCUT2D eigenvalue weighted by Gasteiger charge is 2.07. The standard InChI is InChI=1S/C7H15I/c1-4-6(3)7(8)5-2/h6-7H,4-5H2,1-3H3/t6?,7-/m0/s1. The number of halogens is 1. The van der Waals surface area contributed by atoms with E-state index in [4.69, 9.17) is 0 Å². The molecule has 0 aromatic carbocycles. The van der Waals surface area contributed by atoms with Crippen molar-refractivity contribution in [3.05, 3.63) is 0 Å². The molecule has 0 heterocycles. The van der Waals surface area contributed by atoms with E-state index in [1.807, 2.05) is 0 Å². The van der Waals surface area contributed by atoms with Crippen molar-refractivity contribution in [1.82, 2.24) is 0 Å². The first-order valence-electron chi connectivity index (χ1n) is 3.36. The van der Waals surface area contributed by atoms with Gasteiger partial charge in [-0.2, -0.15) is 0 Å². The normalized spacial score (nSPS) is 18.0. The van der Waals surface area contributed by atoms with Gasteiger partial charge in [0.25, 0.3) is 0 Å². The first-order chi connectivity index (χ1) is 3.72. The third-order valence-corrected chi connectivity index (χ3v) is 3.76. The van der Waals surface area contributed by atoms with E-state index in [0.717, 1.165) is 9.84 Å². The van der Waals surface area contributed by atoms with Gasteiger partial charge in [-0.25, -0.2) is 0 Å². The van der Waals surface area contributed by atoms with Gasteiger partial charge in [0.1, 0.15) is 0 Å². The fraction of sp³-hybridized carbons (Fsp3) is 1.00. The molecule has 0 bridgehead atoms. The summed E-state index contributed by atoms with van der Waals surface area (Å²) in [5.74, 6) is 0.903. The molecule has 2 atom stereocenters. The average Bonchev–Trinajstić information content (AvgIpc) is 1.84. The monoisotopic (exact) mass is 226 g/mol. The van der Waals surface area contributed by atoms with Gasteiger partial charge in [-0.1, -0.05) is 49.8 Å². The Morgan fingerprint density at radius 1 is 1.25 bits per heavy atom. The molecule has 1 unspecified atom stereocenters. The van der Waals surface area contributed by atoms with Crippen LogP contribution in [-0.4, -0.2) is 3.92 Å². The molecule has 0 saturated carbocycles. The van der Waals surface area contributed by atoms with Crippen LogP contribution in [0.4, 0.5) is 0 Å². The fourth-order valence-electron chi connectivity index (χ4n) is 0.658. The van der Waals surface area contributed by atoms with Crippen LogP contribution in [0.15, 0.2) is 0 Å². The molecule has 0 fully saturated rings. The van der Waals surface area contributed by atoms with Crippen molar-refractivity contribution in [2.75, 3.05) is 0 Å². The molecule has 0 aromatic rings. The van der Waals surface area contributed by atoms with Crippen molar-refractivity contribution >= 4 is 22.6 Å². The number of rotatable bonds is 3. The van der Waals surface area contributed by atoms with E-state index in [-0.39, 0.29) is 0 Å². The summed E-state index contributed by atoms with van der Waals surface area (Å²) in [5, 5.41) is 0. The Kier molecular flexibility index (Phi) is 5.01. The molecule has 0 spiro atoms. The summed E-state index contributed by atoms with van der Waals surface area (Å²) >= 11 is 2.53. The topological polar surface area (TPSA) is 0 Å². The SMILES string of the molecule is CCC(C)[C@@H](I)CC. The van der Waals surface area contributed by atoms with E-state index in [1.54, 1.807) is 0 Å². The van der Waals surface area contributed by atoms with Crippen LogP contribution in [0.5, 0.6) is 0 Å². The van der Waals surface area contributed by atoms with E-state index in [1.165, 1.54) is 12.8 Å². The van der Waals surface area contributed by atoms with Crippen LogP contribution in [0.25, 0.3) is 0 Å². The molecular weight excluding hydrogens is 211 g/mol. The second kappa shape index (κ2) is 4.59. The van der Waals surface area contributed by atoms with Gasteiger partial charge in [0.2, 0.25) is 0 Å². The predicted molar refractivity (Wildman–Crippen MR) is 47.6 cm³/mol. The molecule has 0 radical (unpaired) electrons. The molecule has 0 saturated heterocycles. The Bertz CT molecular complexity index is 44.3. The summed E-state index contributed by atoms with van der Waals surface area (Å²) in [7, 11) is 0. The van der Waals surface area contributed by atoms with Gasteiger partial charge in [0.05, 0.1) is 0 Å². The Hall–Kier alpha value is 0.730. The summed E-state index contributed by atoms with van der Waals surface area (Å²) in [4.78, 5) is 0. The summed E-state index contributed by atoms with van der Waals surface area (Å²) in [6.07, 6.45) is 2.64. The number of alkyl halides is 1. The molecule has 0 aromatic heterocycles. The second-order valence-electron chi connectivity index (χ2n) is 2.31. The highest BCUT2D eigenvalue weighted by Crippen LogP contribution is 2.18. The highest BCUT2D eigenvalue weighted by molar-refractivity contribution is 14.1. The molecule has 0 N–H and O–H groups in total. The Morgan fingerprint density at radius 2 is 1.75 bits per heavy atom. The molecular formula is C7H15I. The van der Waals surface area contributed by atoms with E-state index < -0.39 is 0 Å². The van der Waals surface area contributed by atoms with E-state index >= 15 is 0 Å². The van der Waals surface area contributed by atoms with Crippen molar-refractivity contribution in [1.29, 1.82) is 0 Å². The zero-order valence-corrected chi connectivity index (χ0v) is 8.10. The Labute approximate surface area is 66.2 Å². The quantitative estimate of drug-likeness (QED) is 0.511. The third kappa shape index (κ3) is 2.90. The van der Waals surface area contributed by atoms with E-state index in [0.29, 0.717) is 0 Å². The minimum Gasteiger partial charge on any atom is -0.0823 e. The van der Waals surface area contributed by atoms with Gasteiger partial charge in [-0.05, 0) is 12.3 Å². The summed E-state index contributed by atoms with van der Waals surface area (Å²) in [6.45, 7) is 6.83. The zero-order valence-electron chi connectivity index (χ0n) is 5.95. The smallest absolute Gasteiger partial charge is 0.0132 e. The molecule has 8 heavy (non-hydrogen) atoms. The van der Waals surface area contributed by atoms with Gasteiger partial charge in [0, 0.05) is 3.92 Å². The van der Waals surface area contributed by atoms with Crippen molar-refractivity contribution in [3.63, 3.8) is 0 Å². The van der Waals surface area contributed by atoms with E-state index in [9.17, 15) is 0 Å². The van der Waals surface area contributed by atoms with Crippen LogP contribution in [-0.2, 0) is 0 Å². The van der Waals surface area contributed by atoms with Crippen molar-refractivity contribution in [2.24, 2.45) is 5.92 Å². The molecule has 1 heteroatoms. The van der Waals surface area contributed by atoms with Crippen molar-refractivity contribution < 1.29 is 0 Å². The van der Waals surface area contributed by atoms with Crippen LogP contribution in [0.1, 0.15) is 33.6 Å². The largest absolute Gasteiger partial charge is 0.0823 e. The summed E-state index contributed by atoms with van der Waals surface area (Å²) < 4.78 is 0.887. The molecule has 0 aliphatic rings. The molecule has 0 nitrogen and oxygen atoms in total. The van der Waals surface area contributed by atoms with Crippen LogP contribution in [0.3, 0.4) is 0 Å². The Balaban J connectivity index is 3.29. The average molecular weight is 226 g/mol. The highest BCUT2D eigenvalue weighted by atomic mass is 127. The summed E-state index contributed by atoms with van der Waals surface area (Å²) in [5.41, 5.74) is 0. The van der Waals surface area contributed by atoms with Gasteiger partial charge in [0.15, 0.2) is 0 Å². The first kappa shape index (κ1) is 8.73. The minimum atomic E-state index is 0.887. The minimum absolute atomic E-state index is 0.887. The van der Waals surface area contributed by atoms with Gasteiger partial charge in [-0.15, -0.1) is 0 Å². The second-order valence-corrected chi connectivity index (χ2v) is 3.91. The maximum Gasteiger partial charge on any atom is 0.0132 e. The lowest BCUT2D eigenvalue weighted by Crippen LogP contribution is -2.07. The van der Waals surface area contributed by atoms with Crippen molar-refractivity contribution in [3.8, 4) is 0 Å². The first-order valence-corrected chi connectivity index (χ1v) is 4.61. The Morgan fingerprint density at radius 3 is 1.88 bits per heavy atom.